The Labute approximate surface area is 103 Å². The van der Waals surface area contributed by atoms with E-state index in [0.717, 1.165) is 23.5 Å². The summed E-state index contributed by atoms with van der Waals surface area (Å²) in [6, 6.07) is 0.667. The summed E-state index contributed by atoms with van der Waals surface area (Å²) < 4.78 is 0. The summed E-state index contributed by atoms with van der Waals surface area (Å²) >= 11 is 4.28. The largest absolute Gasteiger partial charge is 0.313 e. The fourth-order valence-corrected chi connectivity index (χ4v) is 5.03. The topological polar surface area (TPSA) is 12.0 Å². The molecule has 1 saturated heterocycles. The molecule has 3 atom stereocenters. The van der Waals surface area contributed by atoms with Crippen molar-refractivity contribution in [3.05, 3.63) is 12.7 Å². The number of allylic oxidation sites excluding steroid dienone is 1. The standard InChI is InChI=1S/C12H23NS2/c1-4-6-7-11(13-5-2)12-10(3)14-8-9-15-12/h4,10-13H,1,5-9H2,2-3H3. The van der Waals surface area contributed by atoms with Crippen LogP contribution in [0.1, 0.15) is 26.7 Å². The van der Waals surface area contributed by atoms with Crippen molar-refractivity contribution in [3.8, 4) is 0 Å². The van der Waals surface area contributed by atoms with Gasteiger partial charge in [0.25, 0.3) is 0 Å². The van der Waals surface area contributed by atoms with Crippen LogP contribution in [0.25, 0.3) is 0 Å². The average Bonchev–Trinajstić information content (AvgIpc) is 2.25. The van der Waals surface area contributed by atoms with Gasteiger partial charge in [0.05, 0.1) is 0 Å². The maximum absolute atomic E-state index is 3.82. The molecule has 1 fully saturated rings. The summed E-state index contributed by atoms with van der Waals surface area (Å²) in [6.45, 7) is 9.47. The second-order valence-electron chi connectivity index (χ2n) is 3.94. The van der Waals surface area contributed by atoms with E-state index in [9.17, 15) is 0 Å². The molecule has 1 rings (SSSR count). The van der Waals surface area contributed by atoms with Gasteiger partial charge in [-0.25, -0.2) is 0 Å². The van der Waals surface area contributed by atoms with Crippen molar-refractivity contribution in [2.24, 2.45) is 0 Å². The third kappa shape index (κ3) is 4.41. The molecule has 15 heavy (non-hydrogen) atoms. The molecule has 1 aliphatic heterocycles. The van der Waals surface area contributed by atoms with Gasteiger partial charge in [0.1, 0.15) is 0 Å². The van der Waals surface area contributed by atoms with Gasteiger partial charge in [-0.05, 0) is 19.4 Å². The van der Waals surface area contributed by atoms with Crippen molar-refractivity contribution < 1.29 is 0 Å². The molecule has 0 aromatic rings. The minimum atomic E-state index is 0.667. The summed E-state index contributed by atoms with van der Waals surface area (Å²) in [6.07, 6.45) is 4.40. The summed E-state index contributed by atoms with van der Waals surface area (Å²) in [5.74, 6) is 2.64. The van der Waals surface area contributed by atoms with Gasteiger partial charge in [-0.1, -0.05) is 19.9 Å². The minimum Gasteiger partial charge on any atom is -0.313 e. The number of hydrogen-bond acceptors (Lipinski definition) is 3. The lowest BCUT2D eigenvalue weighted by Crippen LogP contribution is -2.44. The van der Waals surface area contributed by atoms with Gasteiger partial charge in [-0.15, -0.1) is 6.58 Å². The zero-order chi connectivity index (χ0) is 11.1. The van der Waals surface area contributed by atoms with Gasteiger partial charge in [-0.2, -0.15) is 23.5 Å². The number of hydrogen-bond donors (Lipinski definition) is 1. The number of nitrogens with one attached hydrogen (secondary N) is 1. The third-order valence-electron chi connectivity index (χ3n) is 2.78. The molecule has 0 saturated carbocycles. The van der Waals surface area contributed by atoms with Gasteiger partial charge in [0, 0.05) is 28.0 Å². The normalized spacial score (nSPS) is 28.7. The molecule has 1 nitrogen and oxygen atoms in total. The maximum Gasteiger partial charge on any atom is 0.0317 e. The Morgan fingerprint density at radius 1 is 1.47 bits per heavy atom. The van der Waals surface area contributed by atoms with E-state index in [2.05, 4.69) is 49.3 Å². The predicted molar refractivity (Wildman–Crippen MR) is 75.1 cm³/mol. The Hall–Kier alpha value is 0.400. The molecule has 0 bridgehead atoms. The Bertz CT molecular complexity index is 184. The fraction of sp³-hybridized carbons (Fsp3) is 0.833. The Kier molecular flexibility index (Phi) is 6.86. The molecule has 0 amide bonds. The predicted octanol–water partition coefficient (Wildman–Crippen LogP) is 3.17. The van der Waals surface area contributed by atoms with Gasteiger partial charge >= 0.3 is 0 Å². The van der Waals surface area contributed by atoms with Crippen molar-refractivity contribution in [3.63, 3.8) is 0 Å². The molecule has 0 aromatic carbocycles. The molecule has 1 heterocycles. The lowest BCUT2D eigenvalue weighted by molar-refractivity contribution is 0.477. The first-order valence-electron chi connectivity index (χ1n) is 5.87. The van der Waals surface area contributed by atoms with Crippen molar-refractivity contribution in [1.82, 2.24) is 5.32 Å². The SMILES string of the molecule is C=CCCC(NCC)C1SCCSC1C. The monoisotopic (exact) mass is 245 g/mol. The first kappa shape index (κ1) is 13.5. The average molecular weight is 245 g/mol. The summed E-state index contributed by atoms with van der Waals surface area (Å²) in [7, 11) is 0. The minimum absolute atomic E-state index is 0.667. The molecule has 0 spiro atoms. The molecule has 1 aliphatic rings. The van der Waals surface area contributed by atoms with Crippen LogP contribution in [-0.2, 0) is 0 Å². The van der Waals surface area contributed by atoms with E-state index in [4.69, 9.17) is 0 Å². The summed E-state index contributed by atoms with van der Waals surface area (Å²) in [5, 5.41) is 5.21. The maximum atomic E-state index is 3.82. The van der Waals surface area contributed by atoms with Crippen LogP contribution in [0.15, 0.2) is 12.7 Å². The van der Waals surface area contributed by atoms with Crippen LogP contribution in [0.2, 0.25) is 0 Å². The Morgan fingerprint density at radius 3 is 2.80 bits per heavy atom. The molecule has 0 radical (unpaired) electrons. The van der Waals surface area contributed by atoms with E-state index < -0.39 is 0 Å². The summed E-state index contributed by atoms with van der Waals surface area (Å²) in [4.78, 5) is 0. The second-order valence-corrected chi connectivity index (χ2v) is 6.71. The molecular weight excluding hydrogens is 222 g/mol. The van der Waals surface area contributed by atoms with Crippen LogP contribution in [0, 0.1) is 0 Å². The highest BCUT2D eigenvalue weighted by molar-refractivity contribution is 8.07. The van der Waals surface area contributed by atoms with Crippen LogP contribution in [0.5, 0.6) is 0 Å². The quantitative estimate of drug-likeness (QED) is 0.722. The molecule has 3 unspecified atom stereocenters. The Morgan fingerprint density at radius 2 is 2.20 bits per heavy atom. The summed E-state index contributed by atoms with van der Waals surface area (Å²) in [5.41, 5.74) is 0. The van der Waals surface area contributed by atoms with Crippen molar-refractivity contribution in [1.29, 1.82) is 0 Å². The zero-order valence-electron chi connectivity index (χ0n) is 9.87. The van der Waals surface area contributed by atoms with Gasteiger partial charge in [0.2, 0.25) is 0 Å². The Balaban J connectivity index is 2.47. The highest BCUT2D eigenvalue weighted by Crippen LogP contribution is 2.34. The van der Waals surface area contributed by atoms with E-state index in [1.54, 1.807) is 0 Å². The van der Waals surface area contributed by atoms with Crippen LogP contribution >= 0.6 is 23.5 Å². The molecular formula is C12H23NS2. The molecule has 0 aromatic heterocycles. The van der Waals surface area contributed by atoms with E-state index in [0.29, 0.717) is 6.04 Å². The first-order valence-corrected chi connectivity index (χ1v) is 7.96. The number of thioether (sulfide) groups is 2. The van der Waals surface area contributed by atoms with Crippen LogP contribution < -0.4 is 5.32 Å². The lowest BCUT2D eigenvalue weighted by Gasteiger charge is -2.34. The van der Waals surface area contributed by atoms with Crippen molar-refractivity contribution in [2.75, 3.05) is 18.1 Å². The van der Waals surface area contributed by atoms with Crippen LogP contribution in [0.4, 0.5) is 0 Å². The van der Waals surface area contributed by atoms with E-state index in [1.807, 2.05) is 6.08 Å². The molecule has 0 aliphatic carbocycles. The fourth-order valence-electron chi connectivity index (χ4n) is 2.03. The smallest absolute Gasteiger partial charge is 0.0317 e. The molecule has 3 heteroatoms. The van der Waals surface area contributed by atoms with Gasteiger partial charge in [-0.3, -0.25) is 0 Å². The van der Waals surface area contributed by atoms with Crippen LogP contribution in [-0.4, -0.2) is 34.6 Å². The first-order chi connectivity index (χ1) is 7.29. The molecule has 88 valence electrons. The molecule has 1 N–H and O–H groups in total. The van der Waals surface area contributed by atoms with Gasteiger partial charge < -0.3 is 5.32 Å². The van der Waals surface area contributed by atoms with E-state index >= 15 is 0 Å². The second kappa shape index (κ2) is 7.64. The van der Waals surface area contributed by atoms with E-state index in [-0.39, 0.29) is 0 Å². The van der Waals surface area contributed by atoms with E-state index in [1.165, 1.54) is 17.9 Å². The highest BCUT2D eigenvalue weighted by Gasteiger charge is 2.29. The third-order valence-corrected chi connectivity index (χ3v) is 6.03. The number of rotatable bonds is 6. The lowest BCUT2D eigenvalue weighted by atomic mass is 10.1. The van der Waals surface area contributed by atoms with Crippen LogP contribution in [0.3, 0.4) is 0 Å². The zero-order valence-corrected chi connectivity index (χ0v) is 11.5. The van der Waals surface area contributed by atoms with Gasteiger partial charge in [0.15, 0.2) is 0 Å². The van der Waals surface area contributed by atoms with Crippen molar-refractivity contribution >= 4 is 23.5 Å². The van der Waals surface area contributed by atoms with Crippen molar-refractivity contribution in [2.45, 2.75) is 43.2 Å². The highest BCUT2D eigenvalue weighted by atomic mass is 32.2.